The van der Waals surface area contributed by atoms with Crippen molar-refractivity contribution in [2.24, 2.45) is 4.99 Å². The Hall–Kier alpha value is -1.09. The molecule has 2 rings (SSSR count). The van der Waals surface area contributed by atoms with Crippen molar-refractivity contribution in [2.75, 3.05) is 7.05 Å². The molecule has 0 aliphatic carbocycles. The first kappa shape index (κ1) is 19.0. The van der Waals surface area contributed by atoms with Gasteiger partial charge in [-0.15, -0.1) is 35.3 Å². The van der Waals surface area contributed by atoms with E-state index in [1.165, 1.54) is 4.88 Å². The molecule has 0 fully saturated rings. The Morgan fingerprint density at radius 2 is 2.05 bits per heavy atom. The van der Waals surface area contributed by atoms with Crippen LogP contribution >= 0.6 is 35.3 Å². The standard InChI is InChI=1S/C15H22N4OS.HI/c1-15(2,3)12-9-17-13(20-12)10-19-14(16-4)18-8-11-6-5-7-21-11;/h5-7,9H,8,10H2,1-4H3,(H2,16,18,19);1H. The third-order valence-corrected chi connectivity index (χ3v) is 3.81. The fraction of sp³-hybridized carbons (Fsp3) is 0.467. The van der Waals surface area contributed by atoms with E-state index in [-0.39, 0.29) is 29.4 Å². The van der Waals surface area contributed by atoms with Gasteiger partial charge < -0.3 is 15.1 Å². The van der Waals surface area contributed by atoms with Crippen molar-refractivity contribution in [3.63, 3.8) is 0 Å². The second-order valence-electron chi connectivity index (χ2n) is 5.73. The largest absolute Gasteiger partial charge is 0.443 e. The van der Waals surface area contributed by atoms with Crippen LogP contribution in [0.2, 0.25) is 0 Å². The smallest absolute Gasteiger partial charge is 0.213 e. The quantitative estimate of drug-likeness (QED) is 0.439. The zero-order chi connectivity index (χ0) is 15.3. The molecular formula is C15H23IN4OS. The molecule has 0 unspecified atom stereocenters. The minimum absolute atomic E-state index is 0. The average Bonchev–Trinajstić information content (AvgIpc) is 3.09. The van der Waals surface area contributed by atoms with Crippen LogP contribution in [0.15, 0.2) is 33.1 Å². The summed E-state index contributed by atoms with van der Waals surface area (Å²) < 4.78 is 5.74. The van der Waals surface area contributed by atoms with Crippen LogP contribution < -0.4 is 10.6 Å². The lowest BCUT2D eigenvalue weighted by molar-refractivity contribution is 0.379. The first-order chi connectivity index (χ1) is 9.99. The maximum atomic E-state index is 5.74. The predicted molar refractivity (Wildman–Crippen MR) is 102 cm³/mol. The van der Waals surface area contributed by atoms with Crippen LogP contribution in [0.4, 0.5) is 0 Å². The van der Waals surface area contributed by atoms with Crippen LogP contribution in [-0.2, 0) is 18.5 Å². The molecule has 0 atom stereocenters. The van der Waals surface area contributed by atoms with Gasteiger partial charge in [0.1, 0.15) is 5.76 Å². The zero-order valence-electron chi connectivity index (χ0n) is 13.3. The molecule has 0 spiro atoms. The van der Waals surface area contributed by atoms with Crippen molar-refractivity contribution < 1.29 is 4.42 Å². The van der Waals surface area contributed by atoms with Crippen LogP contribution in [-0.4, -0.2) is 18.0 Å². The van der Waals surface area contributed by atoms with Crippen LogP contribution in [0.3, 0.4) is 0 Å². The highest BCUT2D eigenvalue weighted by Crippen LogP contribution is 2.22. The molecule has 0 amide bonds. The normalized spacial score (nSPS) is 11.9. The summed E-state index contributed by atoms with van der Waals surface area (Å²) in [5.74, 6) is 2.29. The Bertz CT molecular complexity index is 587. The molecule has 22 heavy (non-hydrogen) atoms. The van der Waals surface area contributed by atoms with Gasteiger partial charge in [0.25, 0.3) is 0 Å². The summed E-state index contributed by atoms with van der Waals surface area (Å²) in [4.78, 5) is 9.74. The van der Waals surface area contributed by atoms with Gasteiger partial charge in [-0.2, -0.15) is 0 Å². The number of hydrogen-bond acceptors (Lipinski definition) is 4. The fourth-order valence-electron chi connectivity index (χ4n) is 1.70. The molecule has 0 saturated heterocycles. The van der Waals surface area contributed by atoms with E-state index in [0.29, 0.717) is 12.4 Å². The Morgan fingerprint density at radius 3 is 2.59 bits per heavy atom. The van der Waals surface area contributed by atoms with Crippen LogP contribution in [0, 0.1) is 0 Å². The predicted octanol–water partition coefficient (Wildman–Crippen LogP) is 3.52. The third kappa shape index (κ3) is 5.60. The number of oxazole rings is 1. The van der Waals surface area contributed by atoms with Crippen molar-refractivity contribution in [3.05, 3.63) is 40.2 Å². The van der Waals surface area contributed by atoms with Gasteiger partial charge in [0, 0.05) is 17.3 Å². The number of guanidine groups is 1. The molecule has 2 aromatic rings. The molecule has 0 bridgehead atoms. The first-order valence-electron chi connectivity index (χ1n) is 6.91. The molecule has 0 aromatic carbocycles. The minimum Gasteiger partial charge on any atom is -0.443 e. The van der Waals surface area contributed by atoms with E-state index in [1.807, 2.05) is 6.07 Å². The second kappa shape index (κ2) is 8.52. The zero-order valence-corrected chi connectivity index (χ0v) is 16.5. The number of aliphatic imine (C=N–C) groups is 1. The SMILES string of the molecule is CN=C(NCc1ncc(C(C)(C)C)o1)NCc1cccs1.I. The summed E-state index contributed by atoms with van der Waals surface area (Å²) >= 11 is 1.72. The molecule has 0 aliphatic rings. The number of rotatable bonds is 4. The summed E-state index contributed by atoms with van der Waals surface area (Å²) in [5, 5.41) is 8.52. The van der Waals surface area contributed by atoms with Crippen molar-refractivity contribution in [1.82, 2.24) is 15.6 Å². The lowest BCUT2D eigenvalue weighted by Gasteiger charge is -2.13. The topological polar surface area (TPSA) is 62.5 Å². The molecule has 2 aromatic heterocycles. The number of nitrogens with one attached hydrogen (secondary N) is 2. The molecule has 2 heterocycles. The summed E-state index contributed by atoms with van der Waals surface area (Å²) in [7, 11) is 1.75. The van der Waals surface area contributed by atoms with E-state index in [4.69, 9.17) is 4.42 Å². The van der Waals surface area contributed by atoms with Crippen LogP contribution in [0.1, 0.15) is 37.3 Å². The van der Waals surface area contributed by atoms with Crippen molar-refractivity contribution >= 4 is 41.3 Å². The molecule has 7 heteroatoms. The third-order valence-electron chi connectivity index (χ3n) is 2.93. The first-order valence-corrected chi connectivity index (χ1v) is 7.79. The highest BCUT2D eigenvalue weighted by molar-refractivity contribution is 14.0. The van der Waals surface area contributed by atoms with Crippen molar-refractivity contribution in [3.8, 4) is 0 Å². The second-order valence-corrected chi connectivity index (χ2v) is 6.76. The summed E-state index contributed by atoms with van der Waals surface area (Å²) in [6.07, 6.45) is 1.79. The lowest BCUT2D eigenvalue weighted by Crippen LogP contribution is -2.36. The van der Waals surface area contributed by atoms with Gasteiger partial charge >= 0.3 is 0 Å². The molecule has 0 saturated carbocycles. The maximum Gasteiger partial charge on any atom is 0.213 e. The number of hydrogen-bond donors (Lipinski definition) is 2. The van der Waals surface area contributed by atoms with Crippen molar-refractivity contribution in [1.29, 1.82) is 0 Å². The van der Waals surface area contributed by atoms with E-state index < -0.39 is 0 Å². The summed E-state index contributed by atoms with van der Waals surface area (Å²) in [6, 6.07) is 4.13. The van der Waals surface area contributed by atoms with Gasteiger partial charge in [-0.05, 0) is 11.4 Å². The van der Waals surface area contributed by atoms with Gasteiger partial charge in [-0.25, -0.2) is 4.98 Å². The minimum atomic E-state index is -0.0235. The van der Waals surface area contributed by atoms with Gasteiger partial charge in [-0.1, -0.05) is 26.8 Å². The van der Waals surface area contributed by atoms with E-state index >= 15 is 0 Å². The summed E-state index contributed by atoms with van der Waals surface area (Å²) in [6.45, 7) is 7.58. The Kier molecular flexibility index (Phi) is 7.34. The van der Waals surface area contributed by atoms with E-state index in [0.717, 1.165) is 18.3 Å². The molecule has 5 nitrogen and oxygen atoms in total. The number of halogens is 1. The van der Waals surface area contributed by atoms with Crippen LogP contribution in [0.25, 0.3) is 0 Å². The van der Waals surface area contributed by atoms with Gasteiger partial charge in [0.05, 0.1) is 19.3 Å². The molecule has 122 valence electrons. The fourth-order valence-corrected chi connectivity index (χ4v) is 2.35. The maximum absolute atomic E-state index is 5.74. The highest BCUT2D eigenvalue weighted by Gasteiger charge is 2.19. The summed E-state index contributed by atoms with van der Waals surface area (Å²) in [5.41, 5.74) is -0.0235. The monoisotopic (exact) mass is 434 g/mol. The van der Waals surface area contributed by atoms with Crippen molar-refractivity contribution in [2.45, 2.75) is 39.3 Å². The van der Waals surface area contributed by atoms with E-state index in [9.17, 15) is 0 Å². The Labute approximate surface area is 152 Å². The molecular weight excluding hydrogens is 411 g/mol. The molecule has 0 radical (unpaired) electrons. The number of nitrogens with zero attached hydrogens (tertiary/aromatic N) is 2. The number of aromatic nitrogens is 1. The highest BCUT2D eigenvalue weighted by atomic mass is 127. The molecule has 2 N–H and O–H groups in total. The lowest BCUT2D eigenvalue weighted by atomic mass is 9.94. The Balaban J connectivity index is 0.00000242. The Morgan fingerprint density at radius 1 is 1.32 bits per heavy atom. The van der Waals surface area contributed by atoms with E-state index in [2.05, 4.69) is 52.8 Å². The van der Waals surface area contributed by atoms with Crippen LogP contribution in [0.5, 0.6) is 0 Å². The van der Waals surface area contributed by atoms with Gasteiger partial charge in [0.15, 0.2) is 5.96 Å². The number of thiophene rings is 1. The van der Waals surface area contributed by atoms with Gasteiger partial charge in [-0.3, -0.25) is 4.99 Å². The average molecular weight is 434 g/mol. The van der Waals surface area contributed by atoms with Gasteiger partial charge in [0.2, 0.25) is 5.89 Å². The molecule has 0 aliphatic heterocycles. The van der Waals surface area contributed by atoms with E-state index in [1.54, 1.807) is 24.6 Å².